The summed E-state index contributed by atoms with van der Waals surface area (Å²) in [5.74, 6) is 1.63. The molecule has 0 radical (unpaired) electrons. The highest BCUT2D eigenvalue weighted by Crippen LogP contribution is 2.33. The zero-order chi connectivity index (χ0) is 16.5. The van der Waals surface area contributed by atoms with Crippen LogP contribution in [0.25, 0.3) is 21.3 Å². The van der Waals surface area contributed by atoms with Crippen molar-refractivity contribution < 1.29 is 0 Å². The second kappa shape index (κ2) is 6.24. The molecule has 24 heavy (non-hydrogen) atoms. The van der Waals surface area contributed by atoms with Gasteiger partial charge in [0.1, 0.15) is 11.3 Å². The van der Waals surface area contributed by atoms with Crippen molar-refractivity contribution in [1.82, 2.24) is 14.5 Å². The highest BCUT2D eigenvalue weighted by atomic mass is 32.1. The van der Waals surface area contributed by atoms with Crippen molar-refractivity contribution in [2.45, 2.75) is 32.7 Å². The van der Waals surface area contributed by atoms with Crippen molar-refractivity contribution in [3.8, 4) is 0 Å². The summed E-state index contributed by atoms with van der Waals surface area (Å²) in [4.78, 5) is 9.38. The number of unbranched alkanes of at least 4 members (excludes halogenated alkanes) is 1. The number of fused-ring (bicyclic) bond motifs is 3. The highest BCUT2D eigenvalue weighted by molar-refractivity contribution is 7.18. The molecule has 0 aliphatic carbocycles. The molecule has 0 bridgehead atoms. The van der Waals surface area contributed by atoms with Crippen molar-refractivity contribution in [1.29, 1.82) is 0 Å². The van der Waals surface area contributed by atoms with Gasteiger partial charge in [-0.2, -0.15) is 0 Å². The maximum absolute atomic E-state index is 6.20. The van der Waals surface area contributed by atoms with Crippen LogP contribution >= 0.6 is 11.3 Å². The van der Waals surface area contributed by atoms with Crippen molar-refractivity contribution in [3.05, 3.63) is 53.2 Å². The van der Waals surface area contributed by atoms with E-state index in [1.54, 1.807) is 11.3 Å². The van der Waals surface area contributed by atoms with Crippen LogP contribution in [0.15, 0.2) is 41.8 Å². The van der Waals surface area contributed by atoms with Crippen LogP contribution in [0.1, 0.15) is 31.2 Å². The number of hydrogen-bond donors (Lipinski definition) is 1. The molecule has 0 saturated heterocycles. The van der Waals surface area contributed by atoms with E-state index < -0.39 is 0 Å². The lowest BCUT2D eigenvalue weighted by molar-refractivity contribution is 0.691. The Balaban J connectivity index is 1.95. The standard InChI is InChI=1S/C19H20N4S/c1-2-3-9-15-22-16-17(18-14(10-11-24-18)21-19(16)20)23(15)12-13-7-5-4-6-8-13/h4-8,10-11H,2-3,9,12H2,1H3,(H2,20,21). The molecule has 4 aromatic rings. The fourth-order valence-electron chi connectivity index (χ4n) is 3.12. The molecule has 0 fully saturated rings. The zero-order valence-electron chi connectivity index (χ0n) is 13.7. The monoisotopic (exact) mass is 336 g/mol. The van der Waals surface area contributed by atoms with E-state index in [9.17, 15) is 0 Å². The van der Waals surface area contributed by atoms with Crippen LogP contribution in [-0.2, 0) is 13.0 Å². The Bertz CT molecular complexity index is 985. The van der Waals surface area contributed by atoms with Crippen molar-refractivity contribution in [2.24, 2.45) is 0 Å². The van der Waals surface area contributed by atoms with E-state index in [4.69, 9.17) is 10.7 Å². The molecule has 5 heteroatoms. The van der Waals surface area contributed by atoms with Gasteiger partial charge in [0.2, 0.25) is 0 Å². The molecule has 0 unspecified atom stereocenters. The van der Waals surface area contributed by atoms with Crippen LogP contribution in [-0.4, -0.2) is 14.5 Å². The molecule has 122 valence electrons. The number of thiophene rings is 1. The minimum atomic E-state index is 0.528. The molecule has 0 amide bonds. The van der Waals surface area contributed by atoms with E-state index in [0.717, 1.165) is 48.2 Å². The summed E-state index contributed by atoms with van der Waals surface area (Å²) >= 11 is 1.71. The van der Waals surface area contributed by atoms with Gasteiger partial charge in [0.15, 0.2) is 5.82 Å². The third-order valence-corrected chi connectivity index (χ3v) is 5.24. The molecule has 0 atom stereocenters. The van der Waals surface area contributed by atoms with E-state index in [-0.39, 0.29) is 0 Å². The first-order chi connectivity index (χ1) is 11.8. The molecule has 2 N–H and O–H groups in total. The second-order valence-electron chi connectivity index (χ2n) is 6.03. The fourth-order valence-corrected chi connectivity index (χ4v) is 4.01. The molecule has 0 saturated carbocycles. The predicted molar refractivity (Wildman–Crippen MR) is 101 cm³/mol. The fraction of sp³-hybridized carbons (Fsp3) is 0.263. The van der Waals surface area contributed by atoms with Crippen molar-refractivity contribution >= 4 is 38.4 Å². The summed E-state index contributed by atoms with van der Waals surface area (Å²) in [6.07, 6.45) is 3.24. The van der Waals surface area contributed by atoms with Crippen molar-refractivity contribution in [2.75, 3.05) is 5.73 Å². The van der Waals surface area contributed by atoms with Gasteiger partial charge in [0, 0.05) is 13.0 Å². The Morgan fingerprint density at radius 1 is 1.12 bits per heavy atom. The van der Waals surface area contributed by atoms with Crippen molar-refractivity contribution in [3.63, 3.8) is 0 Å². The second-order valence-corrected chi connectivity index (χ2v) is 6.95. The van der Waals surface area contributed by atoms with Gasteiger partial charge in [0.25, 0.3) is 0 Å². The number of benzene rings is 1. The van der Waals surface area contributed by atoms with E-state index >= 15 is 0 Å². The molecule has 3 aromatic heterocycles. The third-order valence-electron chi connectivity index (χ3n) is 4.33. The predicted octanol–water partition coefficient (Wildman–Crippen LogP) is 4.62. The van der Waals surface area contributed by atoms with Gasteiger partial charge in [-0.15, -0.1) is 11.3 Å². The topological polar surface area (TPSA) is 56.7 Å². The van der Waals surface area contributed by atoms with E-state index in [0.29, 0.717) is 5.82 Å². The average Bonchev–Trinajstić information content (AvgIpc) is 3.19. The Hall–Kier alpha value is -2.40. The lowest BCUT2D eigenvalue weighted by Crippen LogP contribution is -2.05. The summed E-state index contributed by atoms with van der Waals surface area (Å²) in [7, 11) is 0. The largest absolute Gasteiger partial charge is 0.382 e. The number of aryl methyl sites for hydroxylation is 1. The number of imidazole rings is 1. The smallest absolute Gasteiger partial charge is 0.152 e. The minimum Gasteiger partial charge on any atom is -0.382 e. The molecule has 0 aliphatic heterocycles. The van der Waals surface area contributed by atoms with Crippen LogP contribution < -0.4 is 5.73 Å². The number of pyridine rings is 1. The minimum absolute atomic E-state index is 0.528. The first-order valence-corrected chi connectivity index (χ1v) is 9.21. The maximum atomic E-state index is 6.20. The Morgan fingerprint density at radius 3 is 2.75 bits per heavy atom. The van der Waals surface area contributed by atoms with Crippen LogP contribution in [0.3, 0.4) is 0 Å². The average molecular weight is 336 g/mol. The van der Waals surface area contributed by atoms with Crippen LogP contribution in [0.5, 0.6) is 0 Å². The zero-order valence-corrected chi connectivity index (χ0v) is 14.5. The Morgan fingerprint density at radius 2 is 1.96 bits per heavy atom. The molecule has 4 nitrogen and oxygen atoms in total. The molecule has 0 aliphatic rings. The van der Waals surface area contributed by atoms with Gasteiger partial charge in [-0.3, -0.25) is 0 Å². The summed E-state index contributed by atoms with van der Waals surface area (Å²) < 4.78 is 3.50. The summed E-state index contributed by atoms with van der Waals surface area (Å²) in [6.45, 7) is 3.02. The van der Waals surface area contributed by atoms with Gasteiger partial charge < -0.3 is 10.3 Å². The van der Waals surface area contributed by atoms with Crippen LogP contribution in [0, 0.1) is 0 Å². The van der Waals surface area contributed by atoms with Crippen LogP contribution in [0.2, 0.25) is 0 Å². The number of nitrogen functional groups attached to an aromatic ring is 1. The van der Waals surface area contributed by atoms with E-state index in [2.05, 4.69) is 46.1 Å². The lowest BCUT2D eigenvalue weighted by Gasteiger charge is -2.10. The Labute approximate surface area is 145 Å². The number of rotatable bonds is 5. The van der Waals surface area contributed by atoms with Gasteiger partial charge >= 0.3 is 0 Å². The number of nitrogens with zero attached hydrogens (tertiary/aromatic N) is 3. The summed E-state index contributed by atoms with van der Waals surface area (Å²) in [6, 6.07) is 12.6. The van der Waals surface area contributed by atoms with Gasteiger partial charge in [-0.1, -0.05) is 43.7 Å². The SMILES string of the molecule is CCCCc1nc2c(N)nc3ccsc3c2n1Cc1ccccc1. The number of nitrogens with two attached hydrogens (primary N) is 1. The molecular formula is C19H20N4S. The lowest BCUT2D eigenvalue weighted by atomic mass is 10.2. The van der Waals surface area contributed by atoms with Crippen LogP contribution in [0.4, 0.5) is 5.82 Å². The Kier molecular flexibility index (Phi) is 3.94. The first-order valence-electron chi connectivity index (χ1n) is 8.33. The molecule has 1 aromatic carbocycles. The first kappa shape index (κ1) is 15.1. The molecular weight excluding hydrogens is 316 g/mol. The van der Waals surface area contributed by atoms with Gasteiger partial charge in [-0.05, 0) is 23.4 Å². The molecule has 0 spiro atoms. The van der Waals surface area contributed by atoms with E-state index in [1.807, 2.05) is 12.1 Å². The molecule has 4 rings (SSSR count). The van der Waals surface area contributed by atoms with Gasteiger partial charge in [0.05, 0.1) is 15.7 Å². The quantitative estimate of drug-likeness (QED) is 0.578. The highest BCUT2D eigenvalue weighted by Gasteiger charge is 2.18. The normalized spacial score (nSPS) is 11.5. The maximum Gasteiger partial charge on any atom is 0.152 e. The summed E-state index contributed by atoms with van der Waals surface area (Å²) in [5.41, 5.74) is 10.4. The third kappa shape index (κ3) is 2.55. The number of aromatic nitrogens is 3. The van der Waals surface area contributed by atoms with E-state index in [1.165, 1.54) is 10.3 Å². The summed E-state index contributed by atoms with van der Waals surface area (Å²) in [5, 5.41) is 2.07. The molecule has 3 heterocycles. The van der Waals surface area contributed by atoms with Gasteiger partial charge in [-0.25, -0.2) is 9.97 Å². The number of anilines is 1. The number of hydrogen-bond acceptors (Lipinski definition) is 4.